The first-order valence-electron chi connectivity index (χ1n) is 9.39. The van der Waals surface area contributed by atoms with Gasteiger partial charge in [-0.3, -0.25) is 4.79 Å². The van der Waals surface area contributed by atoms with E-state index < -0.39 is 5.82 Å². The Morgan fingerprint density at radius 1 is 1.07 bits per heavy atom. The van der Waals surface area contributed by atoms with E-state index in [1.54, 1.807) is 29.2 Å². The number of hydrogen-bond donors (Lipinski definition) is 0. The van der Waals surface area contributed by atoms with Crippen LogP contribution in [0.1, 0.15) is 35.1 Å². The van der Waals surface area contributed by atoms with Gasteiger partial charge in [-0.25, -0.2) is 14.4 Å². The lowest BCUT2D eigenvalue weighted by atomic mass is 9.97. The summed E-state index contributed by atoms with van der Waals surface area (Å²) in [6, 6.07) is 15.8. The molecule has 1 saturated heterocycles. The van der Waals surface area contributed by atoms with Crippen molar-refractivity contribution in [3.8, 4) is 0 Å². The van der Waals surface area contributed by atoms with Gasteiger partial charge >= 0.3 is 0 Å². The average molecular weight is 375 g/mol. The maximum atomic E-state index is 14.0. The van der Waals surface area contributed by atoms with Crippen molar-refractivity contribution in [3.63, 3.8) is 0 Å². The minimum atomic E-state index is -0.421. The maximum Gasteiger partial charge on any atom is 0.272 e. The molecule has 4 aromatic rings. The number of likely N-dealkylation sites (tertiary alicyclic amines) is 1. The SMILES string of the molecule is O=C(c1ccc2cccc(F)c2n1)N1CCC[C@H](c2nc3ccccc3o2)C1. The van der Waals surface area contributed by atoms with E-state index in [0.29, 0.717) is 24.4 Å². The zero-order valence-corrected chi connectivity index (χ0v) is 15.1. The molecule has 1 aliphatic heterocycles. The van der Waals surface area contributed by atoms with Crippen LogP contribution in [0, 0.1) is 5.82 Å². The molecule has 0 radical (unpaired) electrons. The molecule has 1 fully saturated rings. The lowest BCUT2D eigenvalue weighted by molar-refractivity contribution is 0.0693. The van der Waals surface area contributed by atoms with Crippen LogP contribution in [0.5, 0.6) is 0 Å². The zero-order valence-electron chi connectivity index (χ0n) is 15.1. The Morgan fingerprint density at radius 3 is 2.86 bits per heavy atom. The standard InChI is InChI=1S/C22H18FN3O2/c23-16-7-3-5-14-10-11-18(24-20(14)16)22(27)26-12-4-6-15(13-26)21-25-17-8-1-2-9-19(17)28-21/h1-3,5,7-11,15H,4,6,12-13H2/t15-/m0/s1. The van der Waals surface area contributed by atoms with Crippen LogP contribution in [0.4, 0.5) is 4.39 Å². The summed E-state index contributed by atoms with van der Waals surface area (Å²) in [5.74, 6) is 0.0969. The topological polar surface area (TPSA) is 59.2 Å². The number of piperidine rings is 1. The molecule has 1 aliphatic rings. The number of rotatable bonds is 2. The molecule has 28 heavy (non-hydrogen) atoms. The number of aromatic nitrogens is 2. The summed E-state index contributed by atoms with van der Waals surface area (Å²) in [7, 11) is 0. The van der Waals surface area contributed by atoms with E-state index in [0.717, 1.165) is 23.9 Å². The Bertz CT molecular complexity index is 1150. The van der Waals surface area contributed by atoms with E-state index in [1.165, 1.54) is 6.07 Å². The second kappa shape index (κ2) is 6.71. The van der Waals surface area contributed by atoms with Gasteiger partial charge < -0.3 is 9.32 Å². The highest BCUT2D eigenvalue weighted by atomic mass is 19.1. The first-order chi connectivity index (χ1) is 13.7. The molecule has 2 aromatic heterocycles. The van der Waals surface area contributed by atoms with Crippen molar-refractivity contribution in [2.24, 2.45) is 0 Å². The van der Waals surface area contributed by atoms with E-state index in [1.807, 2.05) is 24.3 Å². The van der Waals surface area contributed by atoms with Crippen LogP contribution in [-0.2, 0) is 0 Å². The molecule has 0 bridgehead atoms. The lowest BCUT2D eigenvalue weighted by Gasteiger charge is -2.31. The summed E-state index contributed by atoms with van der Waals surface area (Å²) in [6.07, 6.45) is 1.77. The van der Waals surface area contributed by atoms with Crippen molar-refractivity contribution in [2.75, 3.05) is 13.1 Å². The number of fused-ring (bicyclic) bond motifs is 2. The summed E-state index contributed by atoms with van der Waals surface area (Å²) in [6.45, 7) is 1.16. The summed E-state index contributed by atoms with van der Waals surface area (Å²) < 4.78 is 19.9. The molecule has 0 N–H and O–H groups in total. The predicted molar refractivity (Wildman–Crippen MR) is 104 cm³/mol. The maximum absolute atomic E-state index is 14.0. The van der Waals surface area contributed by atoms with E-state index in [-0.39, 0.29) is 23.0 Å². The average Bonchev–Trinajstić information content (AvgIpc) is 3.18. The van der Waals surface area contributed by atoms with Gasteiger partial charge in [-0.2, -0.15) is 0 Å². The monoisotopic (exact) mass is 375 g/mol. The molecule has 5 rings (SSSR count). The first-order valence-corrected chi connectivity index (χ1v) is 9.39. The molecule has 3 heterocycles. The highest BCUT2D eigenvalue weighted by molar-refractivity contribution is 5.95. The van der Waals surface area contributed by atoms with Crippen LogP contribution in [0.3, 0.4) is 0 Å². The van der Waals surface area contributed by atoms with E-state index in [9.17, 15) is 9.18 Å². The Labute approximate surface area is 160 Å². The number of amides is 1. The fourth-order valence-corrected chi connectivity index (χ4v) is 3.82. The molecule has 0 unspecified atom stereocenters. The number of nitrogens with zero attached hydrogens (tertiary/aromatic N) is 3. The number of pyridine rings is 1. The van der Waals surface area contributed by atoms with Crippen molar-refractivity contribution in [1.29, 1.82) is 0 Å². The summed E-state index contributed by atoms with van der Waals surface area (Å²) >= 11 is 0. The highest BCUT2D eigenvalue weighted by Crippen LogP contribution is 2.29. The molecule has 2 aromatic carbocycles. The number of benzene rings is 2. The Balaban J connectivity index is 1.41. The summed E-state index contributed by atoms with van der Waals surface area (Å²) in [4.78, 5) is 23.6. The van der Waals surface area contributed by atoms with Crippen molar-refractivity contribution >= 4 is 27.9 Å². The van der Waals surface area contributed by atoms with Crippen LogP contribution in [0.2, 0.25) is 0 Å². The van der Waals surface area contributed by atoms with Crippen LogP contribution in [-0.4, -0.2) is 33.9 Å². The summed E-state index contributed by atoms with van der Waals surface area (Å²) in [5.41, 5.74) is 2.07. The minimum absolute atomic E-state index is 0.0438. The number of oxazole rings is 1. The Hall–Kier alpha value is -3.28. The molecule has 5 nitrogen and oxygen atoms in total. The quantitative estimate of drug-likeness (QED) is 0.516. The van der Waals surface area contributed by atoms with Crippen molar-refractivity contribution < 1.29 is 13.6 Å². The van der Waals surface area contributed by atoms with Crippen molar-refractivity contribution in [3.05, 3.63) is 72.0 Å². The van der Waals surface area contributed by atoms with Gasteiger partial charge in [0.25, 0.3) is 5.91 Å². The smallest absolute Gasteiger partial charge is 0.272 e. The van der Waals surface area contributed by atoms with Gasteiger partial charge in [-0.1, -0.05) is 30.3 Å². The van der Waals surface area contributed by atoms with E-state index in [4.69, 9.17) is 4.42 Å². The molecule has 0 spiro atoms. The Kier molecular flexibility index (Phi) is 4.04. The van der Waals surface area contributed by atoms with E-state index >= 15 is 0 Å². The number of para-hydroxylation sites is 3. The van der Waals surface area contributed by atoms with Crippen molar-refractivity contribution in [1.82, 2.24) is 14.9 Å². The van der Waals surface area contributed by atoms with Gasteiger partial charge in [0, 0.05) is 18.5 Å². The van der Waals surface area contributed by atoms with Crippen LogP contribution in [0.25, 0.3) is 22.0 Å². The van der Waals surface area contributed by atoms with Gasteiger partial charge in [-0.15, -0.1) is 0 Å². The molecular weight excluding hydrogens is 357 g/mol. The number of hydrogen-bond acceptors (Lipinski definition) is 4. The number of halogens is 1. The van der Waals surface area contributed by atoms with Crippen molar-refractivity contribution in [2.45, 2.75) is 18.8 Å². The second-order valence-electron chi connectivity index (χ2n) is 7.12. The van der Waals surface area contributed by atoms with Crippen LogP contribution >= 0.6 is 0 Å². The molecule has 0 aliphatic carbocycles. The van der Waals surface area contributed by atoms with Crippen LogP contribution < -0.4 is 0 Å². The molecule has 140 valence electrons. The van der Waals surface area contributed by atoms with Gasteiger partial charge in [0.05, 0.1) is 5.92 Å². The fraction of sp³-hybridized carbons (Fsp3) is 0.227. The van der Waals surface area contributed by atoms with Gasteiger partial charge in [0.15, 0.2) is 11.5 Å². The third kappa shape index (κ3) is 2.91. The second-order valence-corrected chi connectivity index (χ2v) is 7.12. The lowest BCUT2D eigenvalue weighted by Crippen LogP contribution is -2.39. The van der Waals surface area contributed by atoms with Gasteiger partial charge in [-0.05, 0) is 37.1 Å². The molecule has 6 heteroatoms. The molecule has 1 atom stereocenters. The predicted octanol–water partition coefficient (Wildman–Crippen LogP) is 4.53. The molecular formula is C22H18FN3O2. The largest absolute Gasteiger partial charge is 0.440 e. The highest BCUT2D eigenvalue weighted by Gasteiger charge is 2.29. The number of carbonyl (C=O) groups is 1. The number of carbonyl (C=O) groups excluding carboxylic acids is 1. The van der Waals surface area contributed by atoms with E-state index in [2.05, 4.69) is 9.97 Å². The first kappa shape index (κ1) is 16.9. The minimum Gasteiger partial charge on any atom is -0.440 e. The third-order valence-corrected chi connectivity index (χ3v) is 5.26. The molecule has 0 saturated carbocycles. The summed E-state index contributed by atoms with van der Waals surface area (Å²) in [5, 5.41) is 0.680. The fourth-order valence-electron chi connectivity index (χ4n) is 3.82. The zero-order chi connectivity index (χ0) is 19.1. The van der Waals surface area contributed by atoms with Gasteiger partial charge in [0.1, 0.15) is 22.5 Å². The Morgan fingerprint density at radius 2 is 1.96 bits per heavy atom. The molecule has 1 amide bonds. The van der Waals surface area contributed by atoms with Gasteiger partial charge in [0.2, 0.25) is 0 Å². The normalized spacial score (nSPS) is 17.3. The third-order valence-electron chi connectivity index (χ3n) is 5.26. The van der Waals surface area contributed by atoms with Crippen LogP contribution in [0.15, 0.2) is 59.0 Å².